The summed E-state index contributed by atoms with van der Waals surface area (Å²) < 4.78 is 22.5. The largest absolute Gasteiger partial charge is 0.477 e. The van der Waals surface area contributed by atoms with Gasteiger partial charge in [-0.2, -0.15) is 0 Å². The van der Waals surface area contributed by atoms with E-state index in [-0.39, 0.29) is 36.0 Å². The number of esters is 1. The molecule has 2 fully saturated rings. The van der Waals surface area contributed by atoms with Crippen molar-refractivity contribution < 1.29 is 28.7 Å². The molecule has 2 unspecified atom stereocenters. The van der Waals surface area contributed by atoms with Crippen molar-refractivity contribution in [1.82, 2.24) is 9.55 Å². The molecule has 0 spiro atoms. The topological polar surface area (TPSA) is 149 Å². The first-order valence-electron chi connectivity index (χ1n) is 11.6. The van der Waals surface area contributed by atoms with Crippen LogP contribution in [0, 0.1) is 11.2 Å². The lowest BCUT2D eigenvalue weighted by Gasteiger charge is -2.32. The highest BCUT2D eigenvalue weighted by Crippen LogP contribution is 2.39. The Morgan fingerprint density at radius 3 is 2.58 bits per heavy atom. The van der Waals surface area contributed by atoms with E-state index in [1.165, 1.54) is 13.3 Å². The van der Waals surface area contributed by atoms with Crippen molar-refractivity contribution in [3.63, 3.8) is 0 Å². The van der Waals surface area contributed by atoms with E-state index in [1.807, 2.05) is 0 Å². The number of nitrogens with two attached hydrogens (primary N) is 1. The van der Waals surface area contributed by atoms with Gasteiger partial charge in [-0.05, 0) is 39.7 Å². The van der Waals surface area contributed by atoms with Crippen LogP contribution in [0.5, 0.6) is 0 Å². The van der Waals surface area contributed by atoms with Crippen molar-refractivity contribution >= 4 is 34.5 Å². The van der Waals surface area contributed by atoms with E-state index in [4.69, 9.17) is 15.3 Å². The molecule has 2 atom stereocenters. The molecule has 11 nitrogen and oxygen atoms in total. The van der Waals surface area contributed by atoms with E-state index in [9.17, 15) is 19.5 Å². The third-order valence-electron chi connectivity index (χ3n) is 6.48. The maximum absolute atomic E-state index is 15.4. The van der Waals surface area contributed by atoms with Crippen LogP contribution in [0.15, 0.2) is 22.2 Å². The summed E-state index contributed by atoms with van der Waals surface area (Å²) in [6.07, 6.45) is 2.86. The number of carbonyl (C=O) groups is 2. The van der Waals surface area contributed by atoms with E-state index in [0.29, 0.717) is 5.71 Å². The number of fused-ring (bicyclic) bond motifs is 1. The van der Waals surface area contributed by atoms with Crippen molar-refractivity contribution in [1.29, 1.82) is 0 Å². The fraction of sp³-hybridized carbons (Fsp3) is 0.542. The lowest BCUT2D eigenvalue weighted by molar-refractivity contribution is -0.158. The van der Waals surface area contributed by atoms with E-state index in [2.05, 4.69) is 10.1 Å². The highest BCUT2D eigenvalue weighted by atomic mass is 19.1. The highest BCUT2D eigenvalue weighted by Gasteiger charge is 2.50. The lowest BCUT2D eigenvalue weighted by Crippen LogP contribution is -2.52. The van der Waals surface area contributed by atoms with Gasteiger partial charge in [0.2, 0.25) is 5.43 Å². The number of pyridine rings is 2. The number of aromatic carboxylic acids is 1. The van der Waals surface area contributed by atoms with E-state index < -0.39 is 45.8 Å². The molecule has 3 heterocycles. The molecule has 1 aliphatic carbocycles. The Morgan fingerprint density at radius 1 is 1.36 bits per heavy atom. The molecule has 0 bridgehead atoms. The summed E-state index contributed by atoms with van der Waals surface area (Å²) >= 11 is 0. The first-order valence-corrected chi connectivity index (χ1v) is 11.6. The van der Waals surface area contributed by atoms with Gasteiger partial charge in [0.15, 0.2) is 11.6 Å². The molecule has 36 heavy (non-hydrogen) atoms. The highest BCUT2D eigenvalue weighted by molar-refractivity contribution is 6.01. The second-order valence-electron chi connectivity index (χ2n) is 10.5. The van der Waals surface area contributed by atoms with Gasteiger partial charge in [-0.25, -0.2) is 14.2 Å². The third kappa shape index (κ3) is 4.52. The number of aromatic nitrogens is 2. The Morgan fingerprint density at radius 2 is 2.03 bits per heavy atom. The van der Waals surface area contributed by atoms with Gasteiger partial charge in [-0.1, -0.05) is 12.1 Å². The van der Waals surface area contributed by atoms with Crippen LogP contribution in [-0.2, 0) is 14.4 Å². The molecule has 1 saturated carbocycles. The molecule has 1 aliphatic heterocycles. The van der Waals surface area contributed by atoms with Gasteiger partial charge < -0.3 is 29.9 Å². The van der Waals surface area contributed by atoms with Crippen LogP contribution in [0.2, 0.25) is 0 Å². The molecule has 2 aromatic rings. The van der Waals surface area contributed by atoms with Gasteiger partial charge >= 0.3 is 11.9 Å². The molecule has 12 heteroatoms. The molecule has 194 valence electrons. The van der Waals surface area contributed by atoms with Crippen LogP contribution in [0.3, 0.4) is 0 Å². The summed E-state index contributed by atoms with van der Waals surface area (Å²) in [6.45, 7) is 7.05. The maximum atomic E-state index is 15.4. The van der Waals surface area contributed by atoms with Crippen molar-refractivity contribution in [3.8, 4) is 0 Å². The average Bonchev–Trinajstić information content (AvgIpc) is 3.56. The standard InChI is InChI=1S/C24H30FN5O6/c1-23(2,3)36-22(34)18(26)24(4)11-29(10-16(24)28-35-5)20-15(25)8-13-17(31)14(21(32)33)9-30(12-6-7-12)19(13)27-20/h8-9,12,18H,6-7,10-11,26H2,1-5H3,(H,32,33)/b28-16-. The van der Waals surface area contributed by atoms with Crippen molar-refractivity contribution in [3.05, 3.63) is 33.9 Å². The number of hydrogen-bond acceptors (Lipinski definition) is 9. The molecule has 0 radical (unpaired) electrons. The third-order valence-corrected chi connectivity index (χ3v) is 6.48. The quantitative estimate of drug-likeness (QED) is 0.446. The molecule has 4 rings (SSSR count). The molecule has 3 N–H and O–H groups in total. The minimum Gasteiger partial charge on any atom is -0.477 e. The van der Waals surface area contributed by atoms with Gasteiger partial charge in [-0.3, -0.25) is 9.59 Å². The zero-order chi connectivity index (χ0) is 26.6. The number of carboxylic acid groups (broad SMARTS) is 1. The van der Waals surface area contributed by atoms with Gasteiger partial charge in [-0.15, -0.1) is 0 Å². The monoisotopic (exact) mass is 503 g/mol. The Hall–Kier alpha value is -3.54. The molecule has 0 aromatic carbocycles. The molecule has 1 saturated heterocycles. The number of rotatable bonds is 6. The van der Waals surface area contributed by atoms with Gasteiger partial charge in [0.25, 0.3) is 0 Å². The summed E-state index contributed by atoms with van der Waals surface area (Å²) in [4.78, 5) is 48.2. The van der Waals surface area contributed by atoms with E-state index >= 15 is 4.39 Å². The predicted molar refractivity (Wildman–Crippen MR) is 130 cm³/mol. The number of anilines is 1. The van der Waals surface area contributed by atoms with Crippen LogP contribution in [0.25, 0.3) is 11.0 Å². The van der Waals surface area contributed by atoms with Crippen LogP contribution in [-0.4, -0.2) is 64.2 Å². The SMILES string of the molecule is CO/N=C1/CN(c2nc3c(cc2F)c(=O)c(C(=O)O)cn3C2CC2)CC1(C)C(N)C(=O)OC(C)(C)C. The molecule has 2 aromatic heterocycles. The van der Waals surface area contributed by atoms with E-state index in [0.717, 1.165) is 18.9 Å². The van der Waals surface area contributed by atoms with Crippen LogP contribution in [0.1, 0.15) is 56.9 Å². The first-order chi connectivity index (χ1) is 16.8. The van der Waals surface area contributed by atoms with Crippen LogP contribution >= 0.6 is 0 Å². The molecule has 0 amide bonds. The minimum atomic E-state index is -1.38. The van der Waals surface area contributed by atoms with E-state index in [1.54, 1.807) is 37.2 Å². The first kappa shape index (κ1) is 25.5. The Bertz CT molecular complexity index is 1330. The number of carbonyl (C=O) groups excluding carboxylic acids is 1. The Labute approximate surface area is 206 Å². The fourth-order valence-electron chi connectivity index (χ4n) is 4.44. The summed E-state index contributed by atoms with van der Waals surface area (Å²) in [5, 5.41) is 13.4. The summed E-state index contributed by atoms with van der Waals surface area (Å²) in [6, 6.07) is -0.129. The summed E-state index contributed by atoms with van der Waals surface area (Å²) in [7, 11) is 1.36. The Balaban J connectivity index is 1.78. The number of carboxylic acids is 1. The Kier molecular flexibility index (Phi) is 6.27. The van der Waals surface area contributed by atoms with Crippen LogP contribution in [0.4, 0.5) is 10.2 Å². The van der Waals surface area contributed by atoms with Gasteiger partial charge in [0.05, 0.1) is 23.1 Å². The molecular weight excluding hydrogens is 473 g/mol. The number of nitrogens with zero attached hydrogens (tertiary/aromatic N) is 4. The molecule has 2 aliphatic rings. The molecular formula is C24H30FN5O6. The predicted octanol–water partition coefficient (Wildman–Crippen LogP) is 2.07. The summed E-state index contributed by atoms with van der Waals surface area (Å²) in [5.41, 5.74) is 3.89. The smallest absolute Gasteiger partial charge is 0.341 e. The van der Waals surface area contributed by atoms with Crippen molar-refractivity contribution in [2.24, 2.45) is 16.3 Å². The number of hydrogen-bond donors (Lipinski definition) is 2. The maximum Gasteiger partial charge on any atom is 0.341 e. The van der Waals surface area contributed by atoms with Gasteiger partial charge in [0, 0.05) is 18.8 Å². The average molecular weight is 504 g/mol. The second kappa shape index (κ2) is 8.84. The van der Waals surface area contributed by atoms with Crippen LogP contribution < -0.4 is 16.1 Å². The zero-order valence-electron chi connectivity index (χ0n) is 20.9. The summed E-state index contributed by atoms with van der Waals surface area (Å²) in [5.74, 6) is -2.89. The van der Waals surface area contributed by atoms with Gasteiger partial charge in [0.1, 0.15) is 30.0 Å². The number of oxime groups is 1. The minimum absolute atomic E-state index is 0.0212. The van der Waals surface area contributed by atoms with Crippen molar-refractivity contribution in [2.45, 2.75) is 58.2 Å². The lowest BCUT2D eigenvalue weighted by atomic mass is 9.80. The fourth-order valence-corrected chi connectivity index (χ4v) is 4.44. The zero-order valence-corrected chi connectivity index (χ0v) is 20.9. The number of ether oxygens (including phenoxy) is 1. The van der Waals surface area contributed by atoms with Crippen molar-refractivity contribution in [2.75, 3.05) is 25.1 Å². The normalized spacial score (nSPS) is 22.2. The second-order valence-corrected chi connectivity index (χ2v) is 10.5. The number of halogens is 1.